The number of ether oxygens (including phenoxy) is 1. The Kier molecular flexibility index (Phi) is 3.59. The molecule has 2 atom stereocenters. The molecule has 0 spiro atoms. The third-order valence-electron chi connectivity index (χ3n) is 5.12. The van der Waals surface area contributed by atoms with Crippen molar-refractivity contribution in [3.05, 3.63) is 87.1 Å². The van der Waals surface area contributed by atoms with Crippen LogP contribution < -0.4 is 4.74 Å². The molecule has 0 amide bonds. The first-order valence-electron chi connectivity index (χ1n) is 8.60. The van der Waals surface area contributed by atoms with Gasteiger partial charge >= 0.3 is 0 Å². The Morgan fingerprint density at radius 3 is 2.69 bits per heavy atom. The molecule has 3 nitrogen and oxygen atoms in total. The highest BCUT2D eigenvalue weighted by Crippen LogP contribution is 2.50. The van der Waals surface area contributed by atoms with Gasteiger partial charge in [0.1, 0.15) is 5.75 Å². The third kappa shape index (κ3) is 2.37. The zero-order valence-electron chi connectivity index (χ0n) is 14.2. The highest BCUT2D eigenvalue weighted by molar-refractivity contribution is 7.12. The number of halogens is 1. The minimum absolute atomic E-state index is 0.165. The molecule has 130 valence electrons. The number of hydrogen-bond acceptors (Lipinski definition) is 4. The van der Waals surface area contributed by atoms with Gasteiger partial charge in [-0.25, -0.2) is 5.01 Å². The quantitative estimate of drug-likeness (QED) is 0.559. The molecule has 0 unspecified atom stereocenters. The maximum Gasteiger partial charge on any atom is 0.221 e. The lowest BCUT2D eigenvalue weighted by Gasteiger charge is -2.46. The Morgan fingerprint density at radius 1 is 1.12 bits per heavy atom. The normalized spacial score (nSPS) is 23.8. The summed E-state index contributed by atoms with van der Waals surface area (Å²) in [6.07, 6.45) is 0.879. The van der Waals surface area contributed by atoms with E-state index in [9.17, 15) is 0 Å². The molecule has 5 heteroatoms. The van der Waals surface area contributed by atoms with Gasteiger partial charge in [0.2, 0.25) is 5.72 Å². The van der Waals surface area contributed by atoms with Crippen LogP contribution in [0.5, 0.6) is 5.75 Å². The summed E-state index contributed by atoms with van der Waals surface area (Å²) in [5.74, 6) is 0.925. The lowest BCUT2D eigenvalue weighted by molar-refractivity contribution is -0.112. The summed E-state index contributed by atoms with van der Waals surface area (Å²) in [7, 11) is 0. The Morgan fingerprint density at radius 2 is 1.92 bits per heavy atom. The van der Waals surface area contributed by atoms with Crippen LogP contribution in [0, 0.1) is 0 Å². The topological polar surface area (TPSA) is 24.8 Å². The maximum atomic E-state index is 6.50. The summed E-state index contributed by atoms with van der Waals surface area (Å²) in [5.41, 5.74) is 2.67. The first kappa shape index (κ1) is 15.9. The molecule has 2 aliphatic heterocycles. The molecule has 0 N–H and O–H groups in total. The van der Waals surface area contributed by atoms with Crippen molar-refractivity contribution in [1.82, 2.24) is 5.01 Å². The standard InChI is InChI=1S/C21H17ClN2OS/c1-21(14-8-10-15(22)11-9-14)24-18(16-5-2-3-6-19(16)25-21)13-17(23-24)20-7-4-12-26-20/h2-12,18H,13H2,1H3/t18-,21+/m0/s1. The van der Waals surface area contributed by atoms with E-state index in [0.717, 1.165) is 23.4 Å². The van der Waals surface area contributed by atoms with Crippen molar-refractivity contribution in [3.8, 4) is 5.75 Å². The van der Waals surface area contributed by atoms with E-state index < -0.39 is 5.72 Å². The van der Waals surface area contributed by atoms with Gasteiger partial charge in [0.15, 0.2) is 0 Å². The van der Waals surface area contributed by atoms with Gasteiger partial charge < -0.3 is 4.74 Å². The number of rotatable bonds is 2. The number of thiophene rings is 1. The molecule has 0 saturated heterocycles. The van der Waals surface area contributed by atoms with E-state index in [2.05, 4.69) is 41.6 Å². The van der Waals surface area contributed by atoms with E-state index in [1.54, 1.807) is 11.3 Å². The number of benzene rings is 2. The van der Waals surface area contributed by atoms with E-state index >= 15 is 0 Å². The first-order chi connectivity index (χ1) is 12.6. The maximum absolute atomic E-state index is 6.50. The molecule has 2 aromatic carbocycles. The summed E-state index contributed by atoms with van der Waals surface area (Å²) in [6, 6.07) is 20.5. The average molecular weight is 381 g/mol. The Labute approximate surface area is 161 Å². The van der Waals surface area contributed by atoms with Gasteiger partial charge in [-0.15, -0.1) is 11.3 Å². The van der Waals surface area contributed by atoms with Crippen LogP contribution in [0.1, 0.15) is 35.4 Å². The van der Waals surface area contributed by atoms with E-state index in [4.69, 9.17) is 21.4 Å². The van der Waals surface area contributed by atoms with E-state index in [0.29, 0.717) is 5.02 Å². The van der Waals surface area contributed by atoms with E-state index in [-0.39, 0.29) is 6.04 Å². The van der Waals surface area contributed by atoms with Crippen LogP contribution in [0.15, 0.2) is 71.1 Å². The lowest BCUT2D eigenvalue weighted by atomic mass is 9.93. The molecular formula is C21H17ClN2OS. The molecule has 5 rings (SSSR count). The van der Waals surface area contributed by atoms with Crippen LogP contribution in [0.25, 0.3) is 0 Å². The van der Waals surface area contributed by atoms with Crippen molar-refractivity contribution < 1.29 is 4.74 Å². The molecular weight excluding hydrogens is 364 g/mol. The van der Waals surface area contributed by atoms with Gasteiger partial charge in [-0.05, 0) is 29.6 Å². The molecule has 2 aliphatic rings. The Balaban J connectivity index is 1.66. The molecule has 3 heterocycles. The van der Waals surface area contributed by atoms with Crippen molar-refractivity contribution in [3.63, 3.8) is 0 Å². The van der Waals surface area contributed by atoms with Crippen molar-refractivity contribution in [2.24, 2.45) is 5.10 Å². The van der Waals surface area contributed by atoms with Crippen molar-refractivity contribution in [1.29, 1.82) is 0 Å². The van der Waals surface area contributed by atoms with Crippen molar-refractivity contribution >= 4 is 28.6 Å². The predicted octanol–water partition coefficient (Wildman–Crippen LogP) is 5.82. The molecule has 1 aromatic heterocycles. The lowest BCUT2D eigenvalue weighted by Crippen LogP contribution is -2.48. The second-order valence-electron chi connectivity index (χ2n) is 6.72. The SMILES string of the molecule is C[C@]1(c2ccc(Cl)cc2)Oc2ccccc2[C@@H]2CC(c3cccs3)=NN21. The molecule has 3 aromatic rings. The minimum atomic E-state index is -0.678. The summed E-state index contributed by atoms with van der Waals surface area (Å²) in [6.45, 7) is 2.08. The second kappa shape index (κ2) is 5.86. The van der Waals surface area contributed by atoms with Crippen LogP contribution >= 0.6 is 22.9 Å². The molecule has 0 aliphatic carbocycles. The summed E-state index contributed by atoms with van der Waals surface area (Å²) < 4.78 is 6.50. The van der Waals surface area contributed by atoms with Gasteiger partial charge in [-0.2, -0.15) is 5.10 Å². The fraction of sp³-hybridized carbons (Fsp3) is 0.190. The number of nitrogens with zero attached hydrogens (tertiary/aromatic N) is 2. The van der Waals surface area contributed by atoms with Crippen LogP contribution in [0.2, 0.25) is 5.02 Å². The van der Waals surface area contributed by atoms with E-state index in [1.165, 1.54) is 10.4 Å². The second-order valence-corrected chi connectivity index (χ2v) is 8.10. The fourth-order valence-electron chi connectivity index (χ4n) is 3.80. The molecule has 0 fully saturated rings. The first-order valence-corrected chi connectivity index (χ1v) is 9.85. The zero-order valence-corrected chi connectivity index (χ0v) is 15.8. The largest absolute Gasteiger partial charge is 0.462 e. The average Bonchev–Trinajstić information content (AvgIpc) is 3.32. The van der Waals surface area contributed by atoms with Gasteiger partial charge in [0, 0.05) is 29.5 Å². The zero-order chi connectivity index (χ0) is 17.7. The van der Waals surface area contributed by atoms with Crippen LogP contribution in [-0.4, -0.2) is 10.7 Å². The highest BCUT2D eigenvalue weighted by atomic mass is 35.5. The van der Waals surface area contributed by atoms with Gasteiger partial charge in [0.05, 0.1) is 16.6 Å². The fourth-order valence-corrected chi connectivity index (χ4v) is 4.64. The number of fused-ring (bicyclic) bond motifs is 3. The van der Waals surface area contributed by atoms with E-state index in [1.807, 2.05) is 36.4 Å². The number of hydrogen-bond donors (Lipinski definition) is 0. The van der Waals surface area contributed by atoms with Crippen LogP contribution in [0.3, 0.4) is 0 Å². The minimum Gasteiger partial charge on any atom is -0.462 e. The monoisotopic (exact) mass is 380 g/mol. The van der Waals surface area contributed by atoms with Crippen LogP contribution in [0.4, 0.5) is 0 Å². The van der Waals surface area contributed by atoms with Crippen molar-refractivity contribution in [2.75, 3.05) is 0 Å². The summed E-state index contributed by atoms with van der Waals surface area (Å²) in [5, 5.41) is 9.94. The molecule has 26 heavy (non-hydrogen) atoms. The summed E-state index contributed by atoms with van der Waals surface area (Å²) >= 11 is 7.83. The predicted molar refractivity (Wildman–Crippen MR) is 106 cm³/mol. The van der Waals surface area contributed by atoms with Gasteiger partial charge in [0.25, 0.3) is 0 Å². The highest BCUT2D eigenvalue weighted by Gasteiger charge is 2.48. The van der Waals surface area contributed by atoms with Crippen LogP contribution in [-0.2, 0) is 5.72 Å². The van der Waals surface area contributed by atoms with Gasteiger partial charge in [-0.1, -0.05) is 48.0 Å². The van der Waals surface area contributed by atoms with Crippen molar-refractivity contribution in [2.45, 2.75) is 25.1 Å². The molecule has 0 saturated carbocycles. The molecule has 0 bridgehead atoms. The number of para-hydroxylation sites is 1. The Hall–Kier alpha value is -2.30. The summed E-state index contributed by atoms with van der Waals surface area (Å²) in [4.78, 5) is 1.22. The number of hydrazone groups is 1. The van der Waals surface area contributed by atoms with Gasteiger partial charge in [-0.3, -0.25) is 0 Å². The Bertz CT molecular complexity index is 984. The molecule has 0 radical (unpaired) electrons. The third-order valence-corrected chi connectivity index (χ3v) is 6.29. The smallest absolute Gasteiger partial charge is 0.221 e.